The third kappa shape index (κ3) is 8.15. The standard InChI is InChI=1S/C15H16ClN.C4H4O4/c1-15(17,13-7-3-2-4-8-13)11-12-6-5-9-14(16)10-12;5-3(6)1-2-4(7)8/h2-10H,11,17H2,1H3;1-2H,(H,5,6)(H,7,8). The van der Waals surface area contributed by atoms with Crippen LogP contribution in [0.4, 0.5) is 0 Å². The Bertz CT molecular complexity index is 726. The van der Waals surface area contributed by atoms with Crippen LogP contribution in [-0.2, 0) is 21.5 Å². The van der Waals surface area contributed by atoms with E-state index >= 15 is 0 Å². The molecule has 0 aliphatic heterocycles. The SMILES string of the molecule is CC(N)(Cc1cccc(Cl)c1)c1ccccc1.O=C(O)C=CC(=O)O. The van der Waals surface area contributed by atoms with E-state index in [1.54, 1.807) is 0 Å². The molecule has 0 amide bonds. The molecule has 1 atom stereocenters. The third-order valence-corrected chi connectivity index (χ3v) is 3.50. The van der Waals surface area contributed by atoms with E-state index in [-0.39, 0.29) is 5.54 Å². The van der Waals surface area contributed by atoms with Gasteiger partial charge in [-0.25, -0.2) is 9.59 Å². The monoisotopic (exact) mass is 361 g/mol. The van der Waals surface area contributed by atoms with Crippen molar-refractivity contribution >= 4 is 23.5 Å². The van der Waals surface area contributed by atoms with Crippen LogP contribution < -0.4 is 5.73 Å². The van der Waals surface area contributed by atoms with Crippen LogP contribution in [-0.4, -0.2) is 22.2 Å². The number of hydrogen-bond acceptors (Lipinski definition) is 3. The fourth-order valence-electron chi connectivity index (χ4n) is 2.13. The van der Waals surface area contributed by atoms with E-state index in [9.17, 15) is 9.59 Å². The summed E-state index contributed by atoms with van der Waals surface area (Å²) in [6.45, 7) is 2.04. The predicted molar refractivity (Wildman–Crippen MR) is 97.5 cm³/mol. The predicted octanol–water partition coefficient (Wildman–Crippen LogP) is 3.47. The number of carboxylic acid groups (broad SMARTS) is 2. The van der Waals surface area contributed by atoms with Gasteiger partial charge in [-0.2, -0.15) is 0 Å². The zero-order valence-corrected chi connectivity index (χ0v) is 14.5. The lowest BCUT2D eigenvalue weighted by molar-refractivity contribution is -0.134. The molecule has 2 rings (SSSR count). The summed E-state index contributed by atoms with van der Waals surface area (Å²) in [6, 6.07) is 18.0. The van der Waals surface area contributed by atoms with Crippen LogP contribution in [0, 0.1) is 0 Å². The maximum Gasteiger partial charge on any atom is 0.328 e. The van der Waals surface area contributed by atoms with Crippen LogP contribution >= 0.6 is 11.6 Å². The lowest BCUT2D eigenvalue weighted by atomic mass is 9.87. The molecule has 2 aromatic rings. The Morgan fingerprint density at radius 1 is 1.04 bits per heavy atom. The van der Waals surface area contributed by atoms with E-state index < -0.39 is 11.9 Å². The van der Waals surface area contributed by atoms with Gasteiger partial charge >= 0.3 is 11.9 Å². The highest BCUT2D eigenvalue weighted by atomic mass is 35.5. The van der Waals surface area contributed by atoms with Crippen molar-refractivity contribution < 1.29 is 19.8 Å². The Hall–Kier alpha value is -2.63. The Labute approximate surface area is 151 Å². The van der Waals surface area contributed by atoms with E-state index in [0.717, 1.165) is 22.6 Å². The number of carbonyl (C=O) groups is 2. The van der Waals surface area contributed by atoms with Crippen LogP contribution in [0.15, 0.2) is 66.7 Å². The van der Waals surface area contributed by atoms with E-state index in [0.29, 0.717) is 12.2 Å². The zero-order chi connectivity index (χ0) is 18.9. The highest BCUT2D eigenvalue weighted by Crippen LogP contribution is 2.23. The first-order valence-corrected chi connectivity index (χ1v) is 7.81. The molecule has 6 heteroatoms. The second-order valence-electron chi connectivity index (χ2n) is 5.60. The van der Waals surface area contributed by atoms with Crippen molar-refractivity contribution in [2.45, 2.75) is 18.9 Å². The first kappa shape index (κ1) is 20.4. The molecular weight excluding hydrogens is 342 g/mol. The highest BCUT2D eigenvalue weighted by Gasteiger charge is 2.21. The summed E-state index contributed by atoms with van der Waals surface area (Å²) in [5, 5.41) is 16.4. The molecule has 0 radical (unpaired) electrons. The second-order valence-corrected chi connectivity index (χ2v) is 6.04. The Kier molecular flexibility index (Phi) is 7.85. The fourth-order valence-corrected chi connectivity index (χ4v) is 2.35. The third-order valence-electron chi connectivity index (χ3n) is 3.26. The zero-order valence-electron chi connectivity index (χ0n) is 13.7. The fraction of sp³-hybridized carbons (Fsp3) is 0.158. The largest absolute Gasteiger partial charge is 0.478 e. The summed E-state index contributed by atoms with van der Waals surface area (Å²) in [5.41, 5.74) is 8.31. The van der Waals surface area contributed by atoms with Gasteiger partial charge in [0.1, 0.15) is 0 Å². The number of aliphatic carboxylic acids is 2. The molecule has 0 fully saturated rings. The normalized spacial score (nSPS) is 12.8. The quantitative estimate of drug-likeness (QED) is 0.708. The van der Waals surface area contributed by atoms with E-state index in [1.165, 1.54) is 0 Å². The van der Waals surface area contributed by atoms with E-state index in [2.05, 4.69) is 18.2 Å². The minimum absolute atomic E-state index is 0.369. The van der Waals surface area contributed by atoms with Gasteiger partial charge in [-0.05, 0) is 36.6 Å². The van der Waals surface area contributed by atoms with Gasteiger partial charge in [-0.15, -0.1) is 0 Å². The van der Waals surface area contributed by atoms with E-state index in [1.807, 2.05) is 43.3 Å². The summed E-state index contributed by atoms with van der Waals surface area (Å²) in [4.78, 5) is 19.1. The molecule has 4 N–H and O–H groups in total. The van der Waals surface area contributed by atoms with Crippen LogP contribution in [0.1, 0.15) is 18.1 Å². The lowest BCUT2D eigenvalue weighted by Gasteiger charge is -2.25. The van der Waals surface area contributed by atoms with Crippen molar-refractivity contribution in [2.24, 2.45) is 5.73 Å². The minimum Gasteiger partial charge on any atom is -0.478 e. The van der Waals surface area contributed by atoms with Gasteiger partial charge in [-0.1, -0.05) is 54.1 Å². The lowest BCUT2D eigenvalue weighted by Crippen LogP contribution is -2.35. The van der Waals surface area contributed by atoms with Crippen LogP contribution in [0.2, 0.25) is 5.02 Å². The van der Waals surface area contributed by atoms with Gasteiger partial charge in [0.05, 0.1) is 0 Å². The average molecular weight is 362 g/mol. The molecule has 0 spiro atoms. The Morgan fingerprint density at radius 3 is 2.08 bits per heavy atom. The van der Waals surface area contributed by atoms with Gasteiger partial charge in [0.2, 0.25) is 0 Å². The highest BCUT2D eigenvalue weighted by molar-refractivity contribution is 6.30. The van der Waals surface area contributed by atoms with Crippen molar-refractivity contribution in [3.05, 3.63) is 82.9 Å². The average Bonchev–Trinajstić information content (AvgIpc) is 2.54. The molecule has 0 aliphatic carbocycles. The van der Waals surface area contributed by atoms with Crippen LogP contribution in [0.3, 0.4) is 0 Å². The van der Waals surface area contributed by atoms with Crippen molar-refractivity contribution in [1.82, 2.24) is 0 Å². The molecule has 25 heavy (non-hydrogen) atoms. The van der Waals surface area contributed by atoms with Crippen LogP contribution in [0.5, 0.6) is 0 Å². The number of carboxylic acids is 2. The number of benzene rings is 2. The molecule has 0 aromatic heterocycles. The molecule has 5 nitrogen and oxygen atoms in total. The summed E-state index contributed by atoms with van der Waals surface area (Å²) < 4.78 is 0. The molecule has 132 valence electrons. The summed E-state index contributed by atoms with van der Waals surface area (Å²) in [5.74, 6) is -2.51. The van der Waals surface area contributed by atoms with Crippen molar-refractivity contribution in [3.8, 4) is 0 Å². The maximum atomic E-state index is 9.55. The van der Waals surface area contributed by atoms with Gasteiger partial charge in [0.15, 0.2) is 0 Å². The number of hydrogen-bond donors (Lipinski definition) is 3. The van der Waals surface area contributed by atoms with Crippen molar-refractivity contribution in [2.75, 3.05) is 0 Å². The molecule has 1 unspecified atom stereocenters. The van der Waals surface area contributed by atoms with Gasteiger partial charge < -0.3 is 15.9 Å². The number of nitrogens with two attached hydrogens (primary N) is 1. The Morgan fingerprint density at radius 2 is 1.60 bits per heavy atom. The smallest absolute Gasteiger partial charge is 0.328 e. The molecule has 0 heterocycles. The molecule has 0 aliphatic rings. The number of halogens is 1. The first-order chi connectivity index (χ1) is 11.7. The maximum absolute atomic E-state index is 9.55. The summed E-state index contributed by atoms with van der Waals surface area (Å²) in [7, 11) is 0. The number of rotatable bonds is 5. The van der Waals surface area contributed by atoms with Gasteiger partial charge in [0.25, 0.3) is 0 Å². The van der Waals surface area contributed by atoms with Crippen molar-refractivity contribution in [3.63, 3.8) is 0 Å². The molecular formula is C19H20ClNO4. The summed E-state index contributed by atoms with van der Waals surface area (Å²) in [6.07, 6.45) is 1.89. The minimum atomic E-state index is -1.26. The first-order valence-electron chi connectivity index (χ1n) is 7.43. The van der Waals surface area contributed by atoms with Gasteiger partial charge in [0, 0.05) is 22.7 Å². The molecule has 0 saturated heterocycles. The van der Waals surface area contributed by atoms with E-state index in [4.69, 9.17) is 27.5 Å². The molecule has 0 bridgehead atoms. The van der Waals surface area contributed by atoms with Crippen molar-refractivity contribution in [1.29, 1.82) is 0 Å². The molecule has 0 saturated carbocycles. The summed E-state index contributed by atoms with van der Waals surface area (Å²) >= 11 is 5.98. The Balaban J connectivity index is 0.000000333. The second kappa shape index (κ2) is 9.61. The van der Waals surface area contributed by atoms with Crippen LogP contribution in [0.25, 0.3) is 0 Å². The van der Waals surface area contributed by atoms with Gasteiger partial charge in [-0.3, -0.25) is 0 Å². The molecule has 2 aromatic carbocycles. The topological polar surface area (TPSA) is 101 Å².